The van der Waals surface area contributed by atoms with Crippen molar-refractivity contribution < 1.29 is 4.39 Å². The smallest absolute Gasteiger partial charge is 0.137 e. The SMILES string of the molecule is Cc1ccc(N)cc1Sc1ccccc1F. The normalized spacial score (nSPS) is 10.4. The third-order valence-electron chi connectivity index (χ3n) is 2.27. The van der Waals surface area contributed by atoms with E-state index in [1.807, 2.05) is 31.2 Å². The van der Waals surface area contributed by atoms with Crippen LogP contribution in [0.3, 0.4) is 0 Å². The molecule has 0 unspecified atom stereocenters. The Morgan fingerprint density at radius 2 is 1.81 bits per heavy atom. The largest absolute Gasteiger partial charge is 0.399 e. The molecule has 2 aromatic carbocycles. The number of aryl methyl sites for hydroxylation is 1. The van der Waals surface area contributed by atoms with Gasteiger partial charge in [0.1, 0.15) is 5.82 Å². The van der Waals surface area contributed by atoms with Crippen LogP contribution in [0.1, 0.15) is 5.56 Å². The second-order valence-corrected chi connectivity index (χ2v) is 4.64. The van der Waals surface area contributed by atoms with Crippen molar-refractivity contribution in [2.75, 3.05) is 5.73 Å². The Labute approximate surface area is 98.5 Å². The number of hydrogen-bond donors (Lipinski definition) is 1. The number of nitrogen functional groups attached to an aromatic ring is 1. The van der Waals surface area contributed by atoms with E-state index in [-0.39, 0.29) is 5.82 Å². The summed E-state index contributed by atoms with van der Waals surface area (Å²) in [6.07, 6.45) is 0. The van der Waals surface area contributed by atoms with Gasteiger partial charge in [-0.05, 0) is 36.8 Å². The first-order chi connectivity index (χ1) is 7.66. The lowest BCUT2D eigenvalue weighted by Crippen LogP contribution is -1.88. The van der Waals surface area contributed by atoms with E-state index < -0.39 is 0 Å². The Kier molecular flexibility index (Phi) is 3.15. The number of anilines is 1. The summed E-state index contributed by atoms with van der Waals surface area (Å²) in [5.41, 5.74) is 7.51. The lowest BCUT2D eigenvalue weighted by atomic mass is 10.2. The standard InChI is InChI=1S/C13H12FNS/c1-9-6-7-10(15)8-13(9)16-12-5-3-2-4-11(12)14/h2-8H,15H2,1H3. The van der Waals surface area contributed by atoms with E-state index in [0.29, 0.717) is 10.6 Å². The number of benzene rings is 2. The molecule has 16 heavy (non-hydrogen) atoms. The molecule has 0 saturated carbocycles. The molecule has 0 fully saturated rings. The van der Waals surface area contributed by atoms with Crippen LogP contribution in [0.4, 0.5) is 10.1 Å². The summed E-state index contributed by atoms with van der Waals surface area (Å²) in [5.74, 6) is -0.200. The number of halogens is 1. The minimum atomic E-state index is -0.200. The van der Waals surface area contributed by atoms with Gasteiger partial charge in [-0.25, -0.2) is 4.39 Å². The van der Waals surface area contributed by atoms with Gasteiger partial charge in [0.05, 0.1) is 0 Å². The minimum Gasteiger partial charge on any atom is -0.399 e. The van der Waals surface area contributed by atoms with Gasteiger partial charge in [0.2, 0.25) is 0 Å². The maximum atomic E-state index is 13.5. The second kappa shape index (κ2) is 4.58. The molecule has 2 rings (SSSR count). The van der Waals surface area contributed by atoms with Crippen LogP contribution in [0.2, 0.25) is 0 Å². The molecule has 0 aromatic heterocycles. The van der Waals surface area contributed by atoms with Crippen LogP contribution in [-0.4, -0.2) is 0 Å². The summed E-state index contributed by atoms with van der Waals surface area (Å²) in [4.78, 5) is 1.61. The van der Waals surface area contributed by atoms with Crippen LogP contribution in [0.25, 0.3) is 0 Å². The highest BCUT2D eigenvalue weighted by molar-refractivity contribution is 7.99. The molecular weight excluding hydrogens is 221 g/mol. The van der Waals surface area contributed by atoms with Gasteiger partial charge >= 0.3 is 0 Å². The summed E-state index contributed by atoms with van der Waals surface area (Å²) < 4.78 is 13.5. The van der Waals surface area contributed by atoms with Gasteiger partial charge in [-0.2, -0.15) is 0 Å². The molecule has 0 saturated heterocycles. The average Bonchev–Trinajstić information content (AvgIpc) is 2.27. The molecule has 82 valence electrons. The van der Waals surface area contributed by atoms with Crippen LogP contribution < -0.4 is 5.73 Å². The van der Waals surface area contributed by atoms with E-state index in [9.17, 15) is 4.39 Å². The van der Waals surface area contributed by atoms with Gasteiger partial charge in [-0.3, -0.25) is 0 Å². The lowest BCUT2D eigenvalue weighted by Gasteiger charge is -2.07. The fourth-order valence-electron chi connectivity index (χ4n) is 1.37. The summed E-state index contributed by atoms with van der Waals surface area (Å²) in [7, 11) is 0. The summed E-state index contributed by atoms with van der Waals surface area (Å²) in [6.45, 7) is 1.99. The topological polar surface area (TPSA) is 26.0 Å². The zero-order valence-corrected chi connectivity index (χ0v) is 9.72. The van der Waals surface area contributed by atoms with E-state index in [4.69, 9.17) is 5.73 Å². The Bertz CT molecular complexity index is 511. The molecule has 3 heteroatoms. The maximum Gasteiger partial charge on any atom is 0.137 e. The third-order valence-corrected chi connectivity index (χ3v) is 3.48. The maximum absolute atomic E-state index is 13.5. The molecular formula is C13H12FNS. The minimum absolute atomic E-state index is 0.200. The fraction of sp³-hybridized carbons (Fsp3) is 0.0769. The van der Waals surface area contributed by atoms with Crippen molar-refractivity contribution in [1.82, 2.24) is 0 Å². The van der Waals surface area contributed by atoms with Gasteiger partial charge in [0.25, 0.3) is 0 Å². The van der Waals surface area contributed by atoms with Gasteiger partial charge in [-0.15, -0.1) is 0 Å². The molecule has 0 aliphatic heterocycles. The molecule has 0 radical (unpaired) electrons. The van der Waals surface area contributed by atoms with Crippen LogP contribution in [0.15, 0.2) is 52.3 Å². The first kappa shape index (κ1) is 11.0. The predicted octanol–water partition coefficient (Wildman–Crippen LogP) is 3.87. The highest BCUT2D eigenvalue weighted by atomic mass is 32.2. The molecule has 2 N–H and O–H groups in total. The molecule has 0 spiro atoms. The van der Waals surface area contributed by atoms with Crippen molar-refractivity contribution >= 4 is 17.4 Å². The van der Waals surface area contributed by atoms with Crippen LogP contribution in [0.5, 0.6) is 0 Å². The number of nitrogens with two attached hydrogens (primary N) is 1. The predicted molar refractivity (Wildman–Crippen MR) is 66.1 cm³/mol. The van der Waals surface area contributed by atoms with Gasteiger partial charge in [-0.1, -0.05) is 30.0 Å². The van der Waals surface area contributed by atoms with Crippen LogP contribution in [0, 0.1) is 12.7 Å². The van der Waals surface area contributed by atoms with Crippen molar-refractivity contribution in [2.24, 2.45) is 0 Å². The fourth-order valence-corrected chi connectivity index (χ4v) is 2.35. The van der Waals surface area contributed by atoms with E-state index in [0.717, 1.165) is 10.5 Å². The van der Waals surface area contributed by atoms with Crippen molar-refractivity contribution in [1.29, 1.82) is 0 Å². The molecule has 0 heterocycles. The first-order valence-corrected chi connectivity index (χ1v) is 5.77. The highest BCUT2D eigenvalue weighted by Crippen LogP contribution is 2.32. The zero-order valence-electron chi connectivity index (χ0n) is 8.91. The van der Waals surface area contributed by atoms with Crippen molar-refractivity contribution in [3.8, 4) is 0 Å². The number of rotatable bonds is 2. The van der Waals surface area contributed by atoms with Gasteiger partial charge in [0.15, 0.2) is 0 Å². The van der Waals surface area contributed by atoms with E-state index in [2.05, 4.69) is 0 Å². The Morgan fingerprint density at radius 1 is 1.06 bits per heavy atom. The number of hydrogen-bond acceptors (Lipinski definition) is 2. The summed E-state index contributed by atoms with van der Waals surface area (Å²) in [6, 6.07) is 12.4. The molecule has 0 amide bonds. The molecule has 0 aliphatic carbocycles. The monoisotopic (exact) mass is 233 g/mol. The molecule has 2 aromatic rings. The summed E-state index contributed by atoms with van der Waals surface area (Å²) in [5, 5.41) is 0. The Hall–Kier alpha value is -1.48. The van der Waals surface area contributed by atoms with Gasteiger partial charge in [0, 0.05) is 15.5 Å². The summed E-state index contributed by atoms with van der Waals surface area (Å²) >= 11 is 1.40. The lowest BCUT2D eigenvalue weighted by molar-refractivity contribution is 0.602. The quantitative estimate of drug-likeness (QED) is 0.797. The van der Waals surface area contributed by atoms with Crippen LogP contribution in [-0.2, 0) is 0 Å². The van der Waals surface area contributed by atoms with Crippen LogP contribution >= 0.6 is 11.8 Å². The first-order valence-electron chi connectivity index (χ1n) is 4.95. The van der Waals surface area contributed by atoms with Crippen molar-refractivity contribution in [3.63, 3.8) is 0 Å². The van der Waals surface area contributed by atoms with Crippen molar-refractivity contribution in [2.45, 2.75) is 16.7 Å². The molecule has 0 bridgehead atoms. The van der Waals surface area contributed by atoms with Gasteiger partial charge < -0.3 is 5.73 Å². The molecule has 0 aliphatic rings. The van der Waals surface area contributed by atoms with E-state index in [1.165, 1.54) is 17.8 Å². The zero-order chi connectivity index (χ0) is 11.5. The second-order valence-electron chi connectivity index (χ2n) is 3.56. The Balaban J connectivity index is 2.34. The third kappa shape index (κ3) is 2.36. The van der Waals surface area contributed by atoms with E-state index >= 15 is 0 Å². The average molecular weight is 233 g/mol. The molecule has 0 atom stereocenters. The van der Waals surface area contributed by atoms with Crippen molar-refractivity contribution in [3.05, 3.63) is 53.8 Å². The van der Waals surface area contributed by atoms with E-state index in [1.54, 1.807) is 12.1 Å². The highest BCUT2D eigenvalue weighted by Gasteiger charge is 2.05. The Morgan fingerprint density at radius 3 is 2.56 bits per heavy atom. The molecule has 1 nitrogen and oxygen atoms in total.